The quantitative estimate of drug-likeness (QED) is 0.805. The third-order valence-corrected chi connectivity index (χ3v) is 2.23. The lowest BCUT2D eigenvalue weighted by molar-refractivity contribution is 0.237. The summed E-state index contributed by atoms with van der Waals surface area (Å²) in [6, 6.07) is 7.15. The van der Waals surface area contributed by atoms with Gasteiger partial charge in [0, 0.05) is 5.56 Å². The van der Waals surface area contributed by atoms with E-state index in [9.17, 15) is 0 Å². The van der Waals surface area contributed by atoms with Crippen LogP contribution in [0.15, 0.2) is 28.8 Å². The average Bonchev–Trinajstić information content (AvgIpc) is 2.77. The predicted octanol–water partition coefficient (Wildman–Crippen LogP) is 1.04. The number of aliphatic hydroxyl groups excluding tert-OH is 1. The Labute approximate surface area is 92.9 Å². The second-order valence-electron chi connectivity index (χ2n) is 3.61. The Morgan fingerprint density at radius 2 is 2.31 bits per heavy atom. The van der Waals surface area contributed by atoms with Crippen LogP contribution in [0, 0.1) is 6.92 Å². The largest absolute Gasteiger partial charge is 0.394 e. The van der Waals surface area contributed by atoms with Gasteiger partial charge in [-0.05, 0) is 13.0 Å². The molecule has 0 spiro atoms. The van der Waals surface area contributed by atoms with Crippen molar-refractivity contribution in [2.45, 2.75) is 13.0 Å². The third kappa shape index (κ3) is 2.10. The monoisotopic (exact) mass is 219 g/mol. The average molecular weight is 219 g/mol. The molecule has 0 fully saturated rings. The minimum absolute atomic E-state index is 0.213. The van der Waals surface area contributed by atoms with Gasteiger partial charge in [0.15, 0.2) is 0 Å². The molecule has 0 aliphatic rings. The molecule has 2 aromatic rings. The standard InChI is InChI=1S/C11H13N3O2/c1-7-3-2-4-8(5-7)10-13-11(16-14-10)9(12)6-15/h2-5,9,15H,6,12H2,1H3/t9-/m1/s1. The maximum absolute atomic E-state index is 8.86. The Morgan fingerprint density at radius 3 is 3.00 bits per heavy atom. The zero-order valence-corrected chi connectivity index (χ0v) is 8.92. The van der Waals surface area contributed by atoms with E-state index in [0.717, 1.165) is 11.1 Å². The van der Waals surface area contributed by atoms with E-state index in [1.807, 2.05) is 31.2 Å². The fraction of sp³-hybridized carbons (Fsp3) is 0.273. The van der Waals surface area contributed by atoms with Gasteiger partial charge in [-0.15, -0.1) is 0 Å². The molecular formula is C11H13N3O2. The molecule has 0 saturated carbocycles. The number of benzene rings is 1. The molecule has 0 amide bonds. The summed E-state index contributed by atoms with van der Waals surface area (Å²) in [5.41, 5.74) is 7.57. The SMILES string of the molecule is Cc1cccc(-c2noc([C@H](N)CO)n2)c1. The fourth-order valence-electron chi connectivity index (χ4n) is 1.37. The molecule has 0 aliphatic carbocycles. The molecule has 1 aromatic carbocycles. The van der Waals surface area contributed by atoms with E-state index in [1.54, 1.807) is 0 Å². The molecule has 0 aliphatic heterocycles. The first-order chi connectivity index (χ1) is 7.70. The van der Waals surface area contributed by atoms with Crippen molar-refractivity contribution in [2.75, 3.05) is 6.61 Å². The number of aliphatic hydroxyl groups is 1. The van der Waals surface area contributed by atoms with E-state index < -0.39 is 6.04 Å². The van der Waals surface area contributed by atoms with Crippen molar-refractivity contribution in [3.05, 3.63) is 35.7 Å². The molecule has 0 bridgehead atoms. The molecule has 16 heavy (non-hydrogen) atoms. The van der Waals surface area contributed by atoms with Crippen molar-refractivity contribution >= 4 is 0 Å². The van der Waals surface area contributed by atoms with E-state index in [-0.39, 0.29) is 12.5 Å². The Hall–Kier alpha value is -1.72. The lowest BCUT2D eigenvalue weighted by atomic mass is 10.1. The highest BCUT2D eigenvalue weighted by Crippen LogP contribution is 2.18. The van der Waals surface area contributed by atoms with Crippen LogP contribution in [0.5, 0.6) is 0 Å². The van der Waals surface area contributed by atoms with Gasteiger partial charge in [0.25, 0.3) is 0 Å². The topological polar surface area (TPSA) is 85.2 Å². The zero-order valence-electron chi connectivity index (χ0n) is 8.92. The highest BCUT2D eigenvalue weighted by atomic mass is 16.5. The Bertz CT molecular complexity index is 482. The molecule has 1 atom stereocenters. The molecule has 1 heterocycles. The first kappa shape index (κ1) is 10.8. The lowest BCUT2D eigenvalue weighted by Gasteiger charge is -1.98. The molecule has 84 valence electrons. The Kier molecular flexibility index (Phi) is 2.98. The van der Waals surface area contributed by atoms with Gasteiger partial charge in [0.2, 0.25) is 11.7 Å². The lowest BCUT2D eigenvalue weighted by Crippen LogP contribution is -2.14. The third-order valence-electron chi connectivity index (χ3n) is 2.23. The summed E-state index contributed by atoms with van der Waals surface area (Å²) in [5, 5.41) is 12.7. The summed E-state index contributed by atoms with van der Waals surface area (Å²) < 4.78 is 4.97. The van der Waals surface area contributed by atoms with Crippen molar-refractivity contribution in [3.8, 4) is 11.4 Å². The number of hydrogen-bond donors (Lipinski definition) is 2. The summed E-state index contributed by atoms with van der Waals surface area (Å²) in [6.45, 7) is 1.78. The van der Waals surface area contributed by atoms with E-state index >= 15 is 0 Å². The molecule has 0 saturated heterocycles. The minimum atomic E-state index is -0.619. The van der Waals surface area contributed by atoms with Crippen molar-refractivity contribution < 1.29 is 9.63 Å². The van der Waals surface area contributed by atoms with Gasteiger partial charge in [0.1, 0.15) is 6.04 Å². The summed E-state index contributed by atoms with van der Waals surface area (Å²) in [6.07, 6.45) is 0. The molecule has 0 unspecified atom stereocenters. The van der Waals surface area contributed by atoms with Crippen LogP contribution in [-0.2, 0) is 0 Å². The van der Waals surface area contributed by atoms with Crippen LogP contribution in [0.1, 0.15) is 17.5 Å². The van der Waals surface area contributed by atoms with Gasteiger partial charge in [-0.25, -0.2) is 0 Å². The van der Waals surface area contributed by atoms with E-state index in [4.69, 9.17) is 15.4 Å². The number of aromatic nitrogens is 2. The summed E-state index contributed by atoms with van der Waals surface area (Å²) >= 11 is 0. The summed E-state index contributed by atoms with van der Waals surface area (Å²) in [7, 11) is 0. The second kappa shape index (κ2) is 4.42. The number of aryl methyl sites for hydroxylation is 1. The second-order valence-corrected chi connectivity index (χ2v) is 3.61. The van der Waals surface area contributed by atoms with Gasteiger partial charge in [-0.2, -0.15) is 4.98 Å². The first-order valence-electron chi connectivity index (χ1n) is 4.98. The number of hydrogen-bond acceptors (Lipinski definition) is 5. The van der Waals surface area contributed by atoms with Gasteiger partial charge < -0.3 is 15.4 Å². The van der Waals surface area contributed by atoms with Crippen LogP contribution in [0.3, 0.4) is 0 Å². The van der Waals surface area contributed by atoms with Crippen molar-refractivity contribution in [1.82, 2.24) is 10.1 Å². The molecule has 1 aromatic heterocycles. The molecule has 0 radical (unpaired) electrons. The normalized spacial score (nSPS) is 12.7. The van der Waals surface area contributed by atoms with Crippen LogP contribution >= 0.6 is 0 Å². The van der Waals surface area contributed by atoms with Crippen LogP contribution in [0.4, 0.5) is 0 Å². The van der Waals surface area contributed by atoms with Crippen molar-refractivity contribution in [1.29, 1.82) is 0 Å². The maximum Gasteiger partial charge on any atom is 0.246 e. The highest BCUT2D eigenvalue weighted by Gasteiger charge is 2.14. The molecule has 3 N–H and O–H groups in total. The number of nitrogens with two attached hydrogens (primary N) is 1. The maximum atomic E-state index is 8.86. The Balaban J connectivity index is 2.31. The van der Waals surface area contributed by atoms with E-state index in [1.165, 1.54) is 0 Å². The Morgan fingerprint density at radius 1 is 1.50 bits per heavy atom. The van der Waals surface area contributed by atoms with Gasteiger partial charge in [-0.1, -0.05) is 28.9 Å². The first-order valence-corrected chi connectivity index (χ1v) is 4.98. The van der Waals surface area contributed by atoms with Crippen LogP contribution < -0.4 is 5.73 Å². The van der Waals surface area contributed by atoms with Crippen LogP contribution in [0.25, 0.3) is 11.4 Å². The minimum Gasteiger partial charge on any atom is -0.394 e. The molecular weight excluding hydrogens is 206 g/mol. The number of rotatable bonds is 3. The van der Waals surface area contributed by atoms with Gasteiger partial charge >= 0.3 is 0 Å². The van der Waals surface area contributed by atoms with Crippen LogP contribution in [0.2, 0.25) is 0 Å². The van der Waals surface area contributed by atoms with Crippen molar-refractivity contribution in [2.24, 2.45) is 5.73 Å². The van der Waals surface area contributed by atoms with E-state index in [0.29, 0.717) is 5.82 Å². The van der Waals surface area contributed by atoms with E-state index in [2.05, 4.69) is 10.1 Å². The van der Waals surface area contributed by atoms with Gasteiger partial charge in [0.05, 0.1) is 6.61 Å². The van der Waals surface area contributed by atoms with Crippen molar-refractivity contribution in [3.63, 3.8) is 0 Å². The smallest absolute Gasteiger partial charge is 0.246 e. The van der Waals surface area contributed by atoms with Gasteiger partial charge in [-0.3, -0.25) is 0 Å². The molecule has 2 rings (SSSR count). The summed E-state index contributed by atoms with van der Waals surface area (Å²) in [5.74, 6) is 0.738. The predicted molar refractivity (Wildman–Crippen MR) is 58.5 cm³/mol. The summed E-state index contributed by atoms with van der Waals surface area (Å²) in [4.78, 5) is 4.13. The highest BCUT2D eigenvalue weighted by molar-refractivity contribution is 5.55. The molecule has 5 heteroatoms. The fourth-order valence-corrected chi connectivity index (χ4v) is 1.37. The zero-order chi connectivity index (χ0) is 11.5. The number of nitrogens with zero attached hydrogens (tertiary/aromatic N) is 2. The van der Waals surface area contributed by atoms with Crippen LogP contribution in [-0.4, -0.2) is 21.9 Å². The molecule has 5 nitrogen and oxygen atoms in total.